The molecule has 5 heteroatoms. The summed E-state index contributed by atoms with van der Waals surface area (Å²) in [6, 6.07) is 2.82. The second kappa shape index (κ2) is 5.07. The highest BCUT2D eigenvalue weighted by molar-refractivity contribution is 5.93. The van der Waals surface area contributed by atoms with Crippen LogP contribution in [-0.2, 0) is 0 Å². The maximum absolute atomic E-state index is 12.0. The maximum atomic E-state index is 12.0. The Kier molecular flexibility index (Phi) is 3.64. The van der Waals surface area contributed by atoms with Crippen molar-refractivity contribution in [3.8, 4) is 0 Å². The summed E-state index contributed by atoms with van der Waals surface area (Å²) in [5.41, 5.74) is 0.242. The van der Waals surface area contributed by atoms with E-state index in [2.05, 4.69) is 19.2 Å². The molecule has 1 saturated carbocycles. The average Bonchev–Trinajstić information content (AvgIpc) is 2.76. The molecule has 1 atom stereocenters. The third kappa shape index (κ3) is 3.36. The molecule has 1 aromatic heterocycles. The van der Waals surface area contributed by atoms with E-state index in [0.717, 1.165) is 19.3 Å². The molecule has 0 spiro atoms. The van der Waals surface area contributed by atoms with Crippen molar-refractivity contribution >= 4 is 11.9 Å². The molecule has 1 aliphatic rings. The SMILES string of the molecule is CC1(C)CCCC(NC(=O)c2ccc(C(=O)O)o2)C1. The van der Waals surface area contributed by atoms with Crippen LogP contribution in [0.15, 0.2) is 16.5 Å². The van der Waals surface area contributed by atoms with E-state index in [1.54, 1.807) is 0 Å². The molecule has 2 N–H and O–H groups in total. The Labute approximate surface area is 112 Å². The number of amides is 1. The molecule has 1 aliphatic carbocycles. The van der Waals surface area contributed by atoms with Gasteiger partial charge in [-0.3, -0.25) is 4.79 Å². The normalized spacial score (nSPS) is 21.9. The van der Waals surface area contributed by atoms with Gasteiger partial charge < -0.3 is 14.8 Å². The first-order chi connectivity index (χ1) is 8.87. The highest BCUT2D eigenvalue weighted by Crippen LogP contribution is 2.35. The van der Waals surface area contributed by atoms with E-state index in [-0.39, 0.29) is 28.9 Å². The molecule has 0 saturated heterocycles. The van der Waals surface area contributed by atoms with Gasteiger partial charge in [0.25, 0.3) is 5.91 Å². The zero-order valence-electron chi connectivity index (χ0n) is 11.2. The number of furan rings is 1. The molecule has 2 rings (SSSR count). The van der Waals surface area contributed by atoms with Gasteiger partial charge in [-0.25, -0.2) is 4.79 Å². The monoisotopic (exact) mass is 265 g/mol. The fourth-order valence-electron chi connectivity index (χ4n) is 2.65. The smallest absolute Gasteiger partial charge is 0.371 e. The number of carbonyl (C=O) groups is 2. The Balaban J connectivity index is 1.98. The predicted octanol–water partition coefficient (Wildman–Crippen LogP) is 2.68. The van der Waals surface area contributed by atoms with Crippen LogP contribution in [0.5, 0.6) is 0 Å². The molecule has 1 heterocycles. The van der Waals surface area contributed by atoms with Crippen LogP contribution in [0.25, 0.3) is 0 Å². The summed E-state index contributed by atoms with van der Waals surface area (Å²) in [5.74, 6) is -1.66. The van der Waals surface area contributed by atoms with Crippen molar-refractivity contribution in [3.63, 3.8) is 0 Å². The number of carboxylic acids is 1. The molecule has 19 heavy (non-hydrogen) atoms. The van der Waals surface area contributed by atoms with Crippen LogP contribution in [0, 0.1) is 5.41 Å². The lowest BCUT2D eigenvalue weighted by Crippen LogP contribution is -2.40. The summed E-state index contributed by atoms with van der Waals surface area (Å²) in [5, 5.41) is 11.7. The van der Waals surface area contributed by atoms with Crippen molar-refractivity contribution in [1.29, 1.82) is 0 Å². The molecule has 1 amide bonds. The third-order valence-corrected chi connectivity index (χ3v) is 3.58. The number of carbonyl (C=O) groups excluding carboxylic acids is 1. The fourth-order valence-corrected chi connectivity index (χ4v) is 2.65. The van der Waals surface area contributed by atoms with Crippen LogP contribution in [0.3, 0.4) is 0 Å². The van der Waals surface area contributed by atoms with Crippen LogP contribution >= 0.6 is 0 Å². The van der Waals surface area contributed by atoms with E-state index < -0.39 is 5.97 Å². The Morgan fingerprint density at radius 2 is 2.05 bits per heavy atom. The number of hydrogen-bond acceptors (Lipinski definition) is 3. The van der Waals surface area contributed by atoms with Crippen molar-refractivity contribution in [2.45, 2.75) is 45.6 Å². The molecule has 0 radical (unpaired) electrons. The van der Waals surface area contributed by atoms with Gasteiger partial charge >= 0.3 is 5.97 Å². The van der Waals surface area contributed by atoms with Gasteiger partial charge in [0.15, 0.2) is 5.76 Å². The van der Waals surface area contributed by atoms with E-state index in [0.29, 0.717) is 0 Å². The Bertz CT molecular complexity index is 489. The quantitative estimate of drug-likeness (QED) is 0.880. The molecular formula is C14H19NO4. The van der Waals surface area contributed by atoms with Gasteiger partial charge in [-0.1, -0.05) is 20.3 Å². The van der Waals surface area contributed by atoms with Crippen molar-refractivity contribution in [3.05, 3.63) is 23.7 Å². The number of hydrogen-bond donors (Lipinski definition) is 2. The van der Waals surface area contributed by atoms with E-state index in [1.165, 1.54) is 18.6 Å². The van der Waals surface area contributed by atoms with Gasteiger partial charge in [-0.2, -0.15) is 0 Å². The first-order valence-corrected chi connectivity index (χ1v) is 6.51. The summed E-state index contributed by atoms with van der Waals surface area (Å²) in [7, 11) is 0. The maximum Gasteiger partial charge on any atom is 0.371 e. The molecule has 104 valence electrons. The molecule has 1 unspecified atom stereocenters. The minimum Gasteiger partial charge on any atom is -0.475 e. The van der Waals surface area contributed by atoms with E-state index in [1.807, 2.05) is 0 Å². The lowest BCUT2D eigenvalue weighted by Gasteiger charge is -2.35. The third-order valence-electron chi connectivity index (χ3n) is 3.58. The van der Waals surface area contributed by atoms with E-state index in [9.17, 15) is 9.59 Å². The minimum absolute atomic E-state index is 0.0563. The Morgan fingerprint density at radius 3 is 2.63 bits per heavy atom. The fraction of sp³-hybridized carbons (Fsp3) is 0.571. The highest BCUT2D eigenvalue weighted by Gasteiger charge is 2.29. The van der Waals surface area contributed by atoms with E-state index in [4.69, 9.17) is 9.52 Å². The van der Waals surface area contributed by atoms with Crippen LogP contribution in [0.1, 0.15) is 60.6 Å². The minimum atomic E-state index is -1.17. The number of aromatic carboxylic acids is 1. The lowest BCUT2D eigenvalue weighted by molar-refractivity contribution is 0.0659. The highest BCUT2D eigenvalue weighted by atomic mass is 16.4. The van der Waals surface area contributed by atoms with Gasteiger partial charge in [-0.15, -0.1) is 0 Å². The summed E-state index contributed by atoms with van der Waals surface area (Å²) >= 11 is 0. The second-order valence-corrected chi connectivity index (χ2v) is 5.90. The lowest BCUT2D eigenvalue weighted by atomic mass is 9.75. The van der Waals surface area contributed by atoms with Crippen LogP contribution in [0.2, 0.25) is 0 Å². The van der Waals surface area contributed by atoms with Gasteiger partial charge in [0, 0.05) is 6.04 Å². The van der Waals surface area contributed by atoms with Crippen LogP contribution in [-0.4, -0.2) is 23.0 Å². The molecular weight excluding hydrogens is 246 g/mol. The van der Waals surface area contributed by atoms with Gasteiger partial charge in [0.2, 0.25) is 5.76 Å². The molecule has 5 nitrogen and oxygen atoms in total. The summed E-state index contributed by atoms with van der Waals surface area (Å²) < 4.78 is 4.99. The molecule has 1 fully saturated rings. The average molecular weight is 265 g/mol. The number of rotatable bonds is 3. The van der Waals surface area contributed by atoms with Crippen molar-refractivity contribution in [2.75, 3.05) is 0 Å². The number of carboxylic acid groups (broad SMARTS) is 1. The first-order valence-electron chi connectivity index (χ1n) is 6.51. The van der Waals surface area contributed by atoms with Crippen molar-refractivity contribution in [1.82, 2.24) is 5.32 Å². The zero-order chi connectivity index (χ0) is 14.0. The largest absolute Gasteiger partial charge is 0.475 e. The molecule has 0 aromatic carbocycles. The zero-order valence-corrected chi connectivity index (χ0v) is 11.2. The van der Waals surface area contributed by atoms with Crippen LogP contribution < -0.4 is 5.32 Å². The molecule has 0 bridgehead atoms. The van der Waals surface area contributed by atoms with Crippen molar-refractivity contribution < 1.29 is 19.1 Å². The Morgan fingerprint density at radius 1 is 1.37 bits per heavy atom. The van der Waals surface area contributed by atoms with Gasteiger partial charge in [0.05, 0.1) is 0 Å². The van der Waals surface area contributed by atoms with E-state index >= 15 is 0 Å². The first kappa shape index (κ1) is 13.6. The Hall–Kier alpha value is -1.78. The molecule has 1 aromatic rings. The second-order valence-electron chi connectivity index (χ2n) is 5.90. The number of nitrogens with one attached hydrogen (secondary N) is 1. The predicted molar refractivity (Wildman–Crippen MR) is 69.2 cm³/mol. The summed E-state index contributed by atoms with van der Waals surface area (Å²) in [4.78, 5) is 22.6. The molecule has 0 aliphatic heterocycles. The topological polar surface area (TPSA) is 79.5 Å². The standard InChI is InChI=1S/C14H19NO4/c1-14(2)7-3-4-9(8-14)15-12(16)10-5-6-11(19-10)13(17)18/h5-6,9H,3-4,7-8H2,1-2H3,(H,15,16)(H,17,18). The summed E-state index contributed by atoms with van der Waals surface area (Å²) in [6.07, 6.45) is 4.16. The van der Waals surface area contributed by atoms with Gasteiger partial charge in [0.1, 0.15) is 0 Å². The van der Waals surface area contributed by atoms with Crippen molar-refractivity contribution in [2.24, 2.45) is 5.41 Å². The summed E-state index contributed by atoms with van der Waals surface area (Å²) in [6.45, 7) is 4.39. The van der Waals surface area contributed by atoms with Gasteiger partial charge in [-0.05, 0) is 36.8 Å². The van der Waals surface area contributed by atoms with Crippen LogP contribution in [0.4, 0.5) is 0 Å².